The fraction of sp³-hybridized carbons (Fsp3) is 0.300. The first-order valence-corrected chi connectivity index (χ1v) is 10.4. The Morgan fingerprint density at radius 1 is 1.07 bits per heavy atom. The highest BCUT2D eigenvalue weighted by atomic mass is 32.2. The van der Waals surface area contributed by atoms with Crippen molar-refractivity contribution < 1.29 is 22.7 Å². The number of hydrogen-bond donors (Lipinski definition) is 1. The van der Waals surface area contributed by atoms with Gasteiger partial charge < -0.3 is 9.52 Å². The molecule has 3 rings (SSSR count). The summed E-state index contributed by atoms with van der Waals surface area (Å²) in [4.78, 5) is 24.2. The van der Waals surface area contributed by atoms with E-state index >= 15 is 0 Å². The molecule has 1 N–H and O–H groups in total. The van der Waals surface area contributed by atoms with Gasteiger partial charge in [0, 0.05) is 0 Å². The van der Waals surface area contributed by atoms with Crippen LogP contribution in [0, 0.1) is 0 Å². The van der Waals surface area contributed by atoms with Crippen LogP contribution in [0.1, 0.15) is 42.6 Å². The van der Waals surface area contributed by atoms with Crippen molar-refractivity contribution in [2.75, 3.05) is 5.75 Å². The minimum absolute atomic E-state index is 0.0200. The number of carboxylic acid groups (broad SMARTS) is 1. The second-order valence-corrected chi connectivity index (χ2v) is 8.56. The van der Waals surface area contributed by atoms with Crippen molar-refractivity contribution in [1.82, 2.24) is 0 Å². The van der Waals surface area contributed by atoms with E-state index in [1.54, 1.807) is 19.1 Å². The van der Waals surface area contributed by atoms with Crippen molar-refractivity contribution in [3.05, 3.63) is 51.7 Å². The predicted octanol–water partition coefficient (Wildman–Crippen LogP) is 3.78. The molecule has 7 heteroatoms. The maximum absolute atomic E-state index is 13.0. The van der Waals surface area contributed by atoms with E-state index in [1.165, 1.54) is 18.2 Å². The number of carboxylic acids is 1. The molecule has 0 spiro atoms. The van der Waals surface area contributed by atoms with Gasteiger partial charge in [-0.05, 0) is 48.7 Å². The maximum atomic E-state index is 13.0. The minimum atomic E-state index is -3.61. The Bertz CT molecular complexity index is 1200. The number of fused-ring (bicyclic) bond motifs is 2. The van der Waals surface area contributed by atoms with Crippen LogP contribution >= 0.6 is 0 Å². The van der Waals surface area contributed by atoms with Crippen LogP contribution in [0.5, 0.6) is 0 Å². The lowest BCUT2D eigenvalue weighted by molar-refractivity contribution is 0.0697. The summed E-state index contributed by atoms with van der Waals surface area (Å²) in [5, 5.41) is 9.44. The summed E-state index contributed by atoms with van der Waals surface area (Å²) in [6.45, 7) is 3.74. The molecular weight excluding hydrogens is 368 g/mol. The van der Waals surface area contributed by atoms with Gasteiger partial charge in [0.1, 0.15) is 10.5 Å². The van der Waals surface area contributed by atoms with Gasteiger partial charge in [-0.25, -0.2) is 13.2 Å². The topological polar surface area (TPSA) is 102 Å². The molecule has 2 aromatic carbocycles. The van der Waals surface area contributed by atoms with Crippen LogP contribution in [0.25, 0.3) is 21.9 Å². The van der Waals surface area contributed by atoms with E-state index in [4.69, 9.17) is 9.52 Å². The van der Waals surface area contributed by atoms with Crippen molar-refractivity contribution in [2.45, 2.75) is 38.0 Å². The zero-order valence-corrected chi connectivity index (χ0v) is 15.9. The van der Waals surface area contributed by atoms with Crippen molar-refractivity contribution in [3.8, 4) is 0 Å². The molecule has 1 heterocycles. The molecule has 0 radical (unpaired) electrons. The second-order valence-electron chi connectivity index (χ2n) is 6.49. The predicted molar refractivity (Wildman–Crippen MR) is 103 cm³/mol. The van der Waals surface area contributed by atoms with E-state index < -0.39 is 21.2 Å². The molecule has 0 fully saturated rings. The lowest BCUT2D eigenvalue weighted by atomic mass is 10.0. The molecule has 6 nitrogen and oxygen atoms in total. The molecule has 142 valence electrons. The van der Waals surface area contributed by atoms with Gasteiger partial charge in [0.25, 0.3) is 0 Å². The number of benzene rings is 2. The Hall–Kier alpha value is -2.67. The number of carbonyl (C=O) groups is 1. The summed E-state index contributed by atoms with van der Waals surface area (Å²) in [5.74, 6) is -1.19. The summed E-state index contributed by atoms with van der Waals surface area (Å²) in [6.07, 6.45) is 1.86. The van der Waals surface area contributed by atoms with Crippen molar-refractivity contribution in [3.63, 3.8) is 0 Å². The second kappa shape index (κ2) is 7.15. The molecule has 0 saturated carbocycles. The molecule has 27 heavy (non-hydrogen) atoms. The van der Waals surface area contributed by atoms with E-state index in [1.807, 2.05) is 6.92 Å². The largest absolute Gasteiger partial charge is 0.478 e. The molecule has 3 aromatic rings. The molecular formula is C20H20O6S. The quantitative estimate of drug-likeness (QED) is 0.645. The van der Waals surface area contributed by atoms with Crippen molar-refractivity contribution >= 4 is 37.7 Å². The van der Waals surface area contributed by atoms with Crippen LogP contribution in [-0.4, -0.2) is 25.2 Å². The molecule has 0 atom stereocenters. The zero-order chi connectivity index (χ0) is 19.8. The molecule has 0 saturated heterocycles. The van der Waals surface area contributed by atoms with Gasteiger partial charge in [-0.1, -0.05) is 20.3 Å². The first kappa shape index (κ1) is 19.1. The van der Waals surface area contributed by atoms with E-state index in [-0.39, 0.29) is 38.2 Å². The van der Waals surface area contributed by atoms with Gasteiger partial charge in [0.2, 0.25) is 5.43 Å². The first-order chi connectivity index (χ1) is 12.8. The summed E-state index contributed by atoms with van der Waals surface area (Å²) in [7, 11) is -3.61. The Morgan fingerprint density at radius 3 is 2.44 bits per heavy atom. The maximum Gasteiger partial charge on any atom is 0.335 e. The van der Waals surface area contributed by atoms with Crippen molar-refractivity contribution in [2.24, 2.45) is 0 Å². The van der Waals surface area contributed by atoms with Gasteiger partial charge in [-0.3, -0.25) is 4.79 Å². The average molecular weight is 388 g/mol. The molecule has 0 aliphatic rings. The van der Waals surface area contributed by atoms with Crippen LogP contribution in [0.3, 0.4) is 0 Å². The summed E-state index contributed by atoms with van der Waals surface area (Å²) in [5.41, 5.74) is 0.469. The number of aromatic carboxylic acids is 1. The SMILES string of the molecule is CCCc1cc(S(=O)(=O)CCC)c2oc3ccc(C(=O)O)cc3c(=O)c2c1. The van der Waals surface area contributed by atoms with E-state index in [9.17, 15) is 18.0 Å². The third-order valence-electron chi connectivity index (χ3n) is 4.39. The highest BCUT2D eigenvalue weighted by molar-refractivity contribution is 7.91. The summed E-state index contributed by atoms with van der Waals surface area (Å²) < 4.78 is 31.3. The van der Waals surface area contributed by atoms with Gasteiger partial charge in [0.15, 0.2) is 15.4 Å². The fourth-order valence-electron chi connectivity index (χ4n) is 3.16. The highest BCUT2D eigenvalue weighted by Crippen LogP contribution is 2.28. The van der Waals surface area contributed by atoms with Gasteiger partial charge in [-0.15, -0.1) is 0 Å². The van der Waals surface area contributed by atoms with Gasteiger partial charge >= 0.3 is 5.97 Å². The number of rotatable bonds is 6. The smallest absolute Gasteiger partial charge is 0.335 e. The first-order valence-electron chi connectivity index (χ1n) is 8.78. The number of hydrogen-bond acceptors (Lipinski definition) is 5. The summed E-state index contributed by atoms with van der Waals surface area (Å²) in [6, 6.07) is 7.19. The van der Waals surface area contributed by atoms with E-state index in [2.05, 4.69) is 0 Å². The van der Waals surface area contributed by atoms with Gasteiger partial charge in [-0.2, -0.15) is 0 Å². The molecule has 0 bridgehead atoms. The van der Waals surface area contributed by atoms with Crippen LogP contribution in [0.4, 0.5) is 0 Å². The monoisotopic (exact) mass is 388 g/mol. The van der Waals surface area contributed by atoms with Crippen molar-refractivity contribution in [1.29, 1.82) is 0 Å². The average Bonchev–Trinajstić information content (AvgIpc) is 2.61. The third-order valence-corrected chi connectivity index (χ3v) is 6.31. The van der Waals surface area contributed by atoms with Crippen LogP contribution in [0.2, 0.25) is 0 Å². The number of sulfone groups is 1. The Labute approximate surface area is 156 Å². The van der Waals surface area contributed by atoms with Crippen LogP contribution < -0.4 is 5.43 Å². The Balaban J connectivity index is 2.45. The third kappa shape index (κ3) is 3.47. The number of aryl methyl sites for hydroxylation is 1. The minimum Gasteiger partial charge on any atom is -0.478 e. The Morgan fingerprint density at radius 2 is 1.81 bits per heavy atom. The molecule has 0 unspecified atom stereocenters. The normalized spacial score (nSPS) is 11.9. The van der Waals surface area contributed by atoms with Gasteiger partial charge in [0.05, 0.1) is 22.1 Å². The lowest BCUT2D eigenvalue weighted by Gasteiger charge is -2.11. The molecule has 0 aliphatic carbocycles. The van der Waals surface area contributed by atoms with E-state index in [0.29, 0.717) is 12.8 Å². The Kier molecular flexibility index (Phi) is 5.06. The lowest BCUT2D eigenvalue weighted by Crippen LogP contribution is -2.11. The molecule has 1 aromatic heterocycles. The fourth-order valence-corrected chi connectivity index (χ4v) is 4.68. The highest BCUT2D eigenvalue weighted by Gasteiger charge is 2.22. The standard InChI is InChI=1S/C20H20O6S/c1-3-5-12-9-15-18(21)14-11-13(20(22)23)6-7-16(14)26-19(15)17(10-12)27(24,25)8-4-2/h6-7,9-11H,3-5,8H2,1-2H3,(H,22,23). The molecule has 0 aliphatic heterocycles. The zero-order valence-electron chi connectivity index (χ0n) is 15.1. The van der Waals surface area contributed by atoms with E-state index in [0.717, 1.165) is 12.0 Å². The molecule has 0 amide bonds. The summed E-state index contributed by atoms with van der Waals surface area (Å²) >= 11 is 0. The van der Waals surface area contributed by atoms with Crippen LogP contribution in [-0.2, 0) is 16.3 Å². The van der Waals surface area contributed by atoms with Crippen LogP contribution in [0.15, 0.2) is 44.4 Å².